The van der Waals surface area contributed by atoms with Gasteiger partial charge in [-0.05, 0) is 42.7 Å². The number of fused-ring (bicyclic) bond motifs is 1. The molecule has 0 radical (unpaired) electrons. The van der Waals surface area contributed by atoms with Crippen LogP contribution in [0.25, 0.3) is 22.2 Å². The predicted molar refractivity (Wildman–Crippen MR) is 153 cm³/mol. The van der Waals surface area contributed by atoms with Crippen LogP contribution in [0, 0.1) is 17.8 Å². The van der Waals surface area contributed by atoms with Crippen molar-refractivity contribution in [1.82, 2.24) is 15.3 Å². The Morgan fingerprint density at radius 1 is 1.05 bits per heavy atom. The molecule has 2 aromatic heterocycles. The lowest BCUT2D eigenvalue weighted by Gasteiger charge is -2.20. The number of nitrogens with zero attached hydrogens (tertiary/aromatic N) is 2. The van der Waals surface area contributed by atoms with Crippen LogP contribution >= 0.6 is 23.2 Å². The third-order valence-electron chi connectivity index (χ3n) is 6.74. The van der Waals surface area contributed by atoms with Crippen molar-refractivity contribution in [3.8, 4) is 23.1 Å². The van der Waals surface area contributed by atoms with Crippen molar-refractivity contribution in [2.24, 2.45) is 5.92 Å². The molecule has 1 fully saturated rings. The molecule has 1 aliphatic rings. The Morgan fingerprint density at radius 2 is 1.79 bits per heavy atom. The molecule has 1 saturated carbocycles. The molecule has 2 heterocycles. The van der Waals surface area contributed by atoms with Gasteiger partial charge in [-0.25, -0.2) is 4.79 Å². The second kappa shape index (κ2) is 12.0. The van der Waals surface area contributed by atoms with Gasteiger partial charge in [0.25, 0.3) is 5.91 Å². The molecule has 6 nitrogen and oxygen atoms in total. The van der Waals surface area contributed by atoms with E-state index in [1.54, 1.807) is 24.3 Å². The second-order valence-corrected chi connectivity index (χ2v) is 10.5. The maximum absolute atomic E-state index is 14.4. The first kappa shape index (κ1) is 29.4. The fraction of sp³-hybridized carbons (Fsp3) is 0.226. The van der Waals surface area contributed by atoms with Crippen molar-refractivity contribution in [2.75, 3.05) is 7.11 Å². The molecule has 0 unspecified atom stereocenters. The quantitative estimate of drug-likeness (QED) is 0.189. The van der Waals surface area contributed by atoms with Gasteiger partial charge < -0.3 is 10.1 Å². The molecule has 42 heavy (non-hydrogen) atoms. The number of amides is 1. The van der Waals surface area contributed by atoms with Crippen LogP contribution in [0.1, 0.15) is 39.9 Å². The smallest absolute Gasteiger partial charge is 0.419 e. The predicted octanol–water partition coefficient (Wildman–Crippen LogP) is 6.90. The summed E-state index contributed by atoms with van der Waals surface area (Å²) in [5, 5.41) is 3.28. The summed E-state index contributed by atoms with van der Waals surface area (Å²) in [6.45, 7) is 0. The van der Waals surface area contributed by atoms with Gasteiger partial charge in [0.15, 0.2) is 0 Å². The number of alkyl halides is 3. The number of carbonyl (C=O) groups is 2. The van der Waals surface area contributed by atoms with Gasteiger partial charge >= 0.3 is 12.1 Å². The molecule has 1 atom stereocenters. The zero-order valence-corrected chi connectivity index (χ0v) is 23.6. The number of carbonyl (C=O) groups excluding carboxylic acids is 2. The Labute approximate surface area is 249 Å². The van der Waals surface area contributed by atoms with Crippen molar-refractivity contribution in [3.63, 3.8) is 0 Å². The summed E-state index contributed by atoms with van der Waals surface area (Å²) in [6, 6.07) is 11.0. The van der Waals surface area contributed by atoms with E-state index in [1.807, 2.05) is 0 Å². The Kier molecular flexibility index (Phi) is 8.39. The summed E-state index contributed by atoms with van der Waals surface area (Å²) in [4.78, 5) is 34.2. The van der Waals surface area contributed by atoms with Crippen molar-refractivity contribution in [2.45, 2.75) is 31.5 Å². The van der Waals surface area contributed by atoms with Gasteiger partial charge in [-0.1, -0.05) is 59.3 Å². The first-order valence-electron chi connectivity index (χ1n) is 12.9. The van der Waals surface area contributed by atoms with Gasteiger partial charge in [-0.2, -0.15) is 13.2 Å². The number of hydrogen-bond acceptors (Lipinski definition) is 5. The van der Waals surface area contributed by atoms with Gasteiger partial charge in [0.2, 0.25) is 0 Å². The van der Waals surface area contributed by atoms with E-state index in [1.165, 1.54) is 43.8 Å². The van der Waals surface area contributed by atoms with Crippen LogP contribution in [0.5, 0.6) is 0 Å². The minimum Gasteiger partial charge on any atom is -0.467 e. The lowest BCUT2D eigenvalue weighted by atomic mass is 9.94. The van der Waals surface area contributed by atoms with Crippen molar-refractivity contribution >= 4 is 46.0 Å². The number of aromatic nitrogens is 2. The first-order valence-corrected chi connectivity index (χ1v) is 13.6. The molecule has 1 N–H and O–H groups in total. The minimum absolute atomic E-state index is 0.00738. The standard InChI is InChI=1S/C31H22Cl2F3N3O3/c1-42-30(41)24(39-29(40)25-22(32)5-2-6-23(25)33)16-19-11-12-21(27-20(19)4-3-14-37-27)28-26(31(34,35)36)18(13-15-38-28)10-9-17-7-8-17/h2-6,11-15,17,24H,7-8,16H2,1H3,(H,39,40)/t24-/m0/s1. The van der Waals surface area contributed by atoms with Crippen LogP contribution in [0.15, 0.2) is 60.9 Å². The summed E-state index contributed by atoms with van der Waals surface area (Å²) in [5.41, 5.74) is -0.476. The van der Waals surface area contributed by atoms with Crippen molar-refractivity contribution in [3.05, 3.63) is 93.2 Å². The molecule has 0 bridgehead atoms. The van der Waals surface area contributed by atoms with E-state index in [0.29, 0.717) is 10.9 Å². The number of halogens is 5. The minimum atomic E-state index is -4.73. The van der Waals surface area contributed by atoms with Gasteiger partial charge in [-0.15, -0.1) is 0 Å². The van der Waals surface area contributed by atoms with Gasteiger partial charge in [0, 0.05) is 41.2 Å². The topological polar surface area (TPSA) is 81.2 Å². The molecule has 2 aromatic carbocycles. The summed E-state index contributed by atoms with van der Waals surface area (Å²) in [5.74, 6) is 4.27. The number of rotatable bonds is 6. The van der Waals surface area contributed by atoms with E-state index in [2.05, 4.69) is 27.1 Å². The zero-order chi connectivity index (χ0) is 30.0. The van der Waals surface area contributed by atoms with Gasteiger partial charge in [0.05, 0.1) is 39.5 Å². The molecule has 0 saturated heterocycles. The summed E-state index contributed by atoms with van der Waals surface area (Å²) >= 11 is 12.3. The molecule has 1 amide bonds. The van der Waals surface area contributed by atoms with Crippen LogP contribution in [0.2, 0.25) is 10.0 Å². The zero-order valence-electron chi connectivity index (χ0n) is 22.1. The van der Waals surface area contributed by atoms with E-state index in [9.17, 15) is 22.8 Å². The lowest BCUT2D eigenvalue weighted by Crippen LogP contribution is -2.43. The molecule has 214 valence electrons. The largest absolute Gasteiger partial charge is 0.467 e. The Morgan fingerprint density at radius 3 is 2.45 bits per heavy atom. The number of hydrogen-bond donors (Lipinski definition) is 1. The number of methoxy groups -OCH3 is 1. The second-order valence-electron chi connectivity index (χ2n) is 9.65. The number of ether oxygens (including phenoxy) is 1. The average molecular weight is 612 g/mol. The van der Waals surface area contributed by atoms with Crippen LogP contribution in [-0.4, -0.2) is 35.0 Å². The van der Waals surface area contributed by atoms with E-state index >= 15 is 0 Å². The van der Waals surface area contributed by atoms with Crippen LogP contribution in [0.4, 0.5) is 13.2 Å². The van der Waals surface area contributed by atoms with E-state index in [0.717, 1.165) is 12.8 Å². The number of pyridine rings is 2. The highest BCUT2D eigenvalue weighted by atomic mass is 35.5. The molecule has 1 aliphatic carbocycles. The van der Waals surface area contributed by atoms with Crippen LogP contribution in [-0.2, 0) is 22.1 Å². The number of esters is 1. The van der Waals surface area contributed by atoms with Crippen LogP contribution < -0.4 is 5.32 Å². The Balaban J connectivity index is 1.56. The van der Waals surface area contributed by atoms with E-state index < -0.39 is 29.7 Å². The third kappa shape index (κ3) is 6.20. The average Bonchev–Trinajstić information content (AvgIpc) is 3.79. The molecular weight excluding hydrogens is 590 g/mol. The SMILES string of the molecule is COC(=O)[C@H](Cc1ccc(-c2nccc(C#CC3CC3)c2C(F)(F)F)c2ncccc12)NC(=O)c1c(Cl)cccc1Cl. The fourth-order valence-electron chi connectivity index (χ4n) is 4.57. The molecular formula is C31H22Cl2F3N3O3. The molecule has 5 rings (SSSR count). The third-order valence-corrected chi connectivity index (χ3v) is 7.37. The van der Waals surface area contributed by atoms with Crippen LogP contribution in [0.3, 0.4) is 0 Å². The Bertz CT molecular complexity index is 1740. The maximum Gasteiger partial charge on any atom is 0.419 e. The number of benzene rings is 2. The maximum atomic E-state index is 14.4. The number of nitrogens with one attached hydrogen (secondary N) is 1. The Hall–Kier alpha value is -4.13. The lowest BCUT2D eigenvalue weighted by molar-refractivity contribution is -0.143. The van der Waals surface area contributed by atoms with Crippen molar-refractivity contribution < 1.29 is 27.5 Å². The van der Waals surface area contributed by atoms with E-state index in [-0.39, 0.29) is 50.3 Å². The van der Waals surface area contributed by atoms with Gasteiger partial charge in [0.1, 0.15) is 6.04 Å². The first-order chi connectivity index (χ1) is 20.1. The van der Waals surface area contributed by atoms with Gasteiger partial charge in [-0.3, -0.25) is 14.8 Å². The normalized spacial score (nSPS) is 13.7. The molecule has 4 aromatic rings. The molecule has 11 heteroatoms. The monoisotopic (exact) mass is 611 g/mol. The molecule has 0 aliphatic heterocycles. The summed E-state index contributed by atoms with van der Waals surface area (Å²) in [6.07, 6.45) is -0.278. The highest BCUT2D eigenvalue weighted by Crippen LogP contribution is 2.40. The molecule has 0 spiro atoms. The highest BCUT2D eigenvalue weighted by Gasteiger charge is 2.38. The summed E-state index contributed by atoms with van der Waals surface area (Å²) < 4.78 is 48.1. The summed E-state index contributed by atoms with van der Waals surface area (Å²) in [7, 11) is 1.18. The highest BCUT2D eigenvalue weighted by molar-refractivity contribution is 6.39. The fourth-order valence-corrected chi connectivity index (χ4v) is 5.14. The van der Waals surface area contributed by atoms with Crippen molar-refractivity contribution in [1.29, 1.82) is 0 Å². The van der Waals surface area contributed by atoms with E-state index in [4.69, 9.17) is 27.9 Å².